The molecule has 0 aliphatic rings. The van der Waals surface area contributed by atoms with E-state index in [1.165, 1.54) is 22.1 Å². The number of aromatic amines is 1. The van der Waals surface area contributed by atoms with Crippen molar-refractivity contribution < 1.29 is 0 Å². The standard InChI is InChI=1S/C12H16BN/c1-8-9-6-5-7-13-11(9)14-10(8)12(2,3)4/h5-7,14H,1-4H3. The van der Waals surface area contributed by atoms with Crippen LogP contribution in [0.4, 0.5) is 0 Å². The van der Waals surface area contributed by atoms with Gasteiger partial charge in [-0.3, -0.25) is 0 Å². The van der Waals surface area contributed by atoms with E-state index in [1.807, 2.05) is 0 Å². The molecule has 0 saturated carbocycles. The van der Waals surface area contributed by atoms with Gasteiger partial charge in [-0.05, 0) is 0 Å². The third-order valence-electron chi connectivity index (χ3n) is 2.72. The van der Waals surface area contributed by atoms with Crippen LogP contribution in [0.5, 0.6) is 0 Å². The van der Waals surface area contributed by atoms with Gasteiger partial charge in [0.15, 0.2) is 0 Å². The Balaban J connectivity index is 2.75. The normalized spacial score (nSPS) is 12.0. The van der Waals surface area contributed by atoms with E-state index in [9.17, 15) is 0 Å². The van der Waals surface area contributed by atoms with E-state index in [2.05, 4.69) is 57.7 Å². The first-order chi connectivity index (χ1) is 6.50. The van der Waals surface area contributed by atoms with Gasteiger partial charge >= 0.3 is 85.2 Å². The van der Waals surface area contributed by atoms with Crippen molar-refractivity contribution >= 4 is 17.7 Å². The number of hydrogen-bond acceptors (Lipinski definition) is 0. The molecule has 1 N–H and O–H groups in total. The predicted octanol–water partition coefficient (Wildman–Crippen LogP) is 3.11. The van der Waals surface area contributed by atoms with Gasteiger partial charge in [0.1, 0.15) is 0 Å². The van der Waals surface area contributed by atoms with Gasteiger partial charge in [0.25, 0.3) is 0 Å². The van der Waals surface area contributed by atoms with Crippen molar-refractivity contribution in [2.24, 2.45) is 0 Å². The fourth-order valence-corrected chi connectivity index (χ4v) is 2.03. The number of rotatable bonds is 0. The molecule has 0 spiro atoms. The molecule has 2 heteroatoms. The number of aryl methyl sites for hydroxylation is 1. The molecule has 0 bridgehead atoms. The summed E-state index contributed by atoms with van der Waals surface area (Å²) in [6.07, 6.45) is 0. The predicted molar refractivity (Wildman–Crippen MR) is 63.1 cm³/mol. The molecule has 14 heavy (non-hydrogen) atoms. The van der Waals surface area contributed by atoms with Gasteiger partial charge in [0.05, 0.1) is 0 Å². The van der Waals surface area contributed by atoms with Crippen molar-refractivity contribution in [3.05, 3.63) is 29.4 Å². The first-order valence-electron chi connectivity index (χ1n) is 5.08. The van der Waals surface area contributed by atoms with E-state index >= 15 is 0 Å². The molecule has 0 radical (unpaired) electrons. The van der Waals surface area contributed by atoms with E-state index in [-0.39, 0.29) is 5.41 Å². The van der Waals surface area contributed by atoms with Crippen LogP contribution >= 0.6 is 0 Å². The summed E-state index contributed by atoms with van der Waals surface area (Å²) in [4.78, 5) is 3.50. The Kier molecular flexibility index (Phi) is 2.02. The summed E-state index contributed by atoms with van der Waals surface area (Å²) < 4.78 is 0. The van der Waals surface area contributed by atoms with Crippen LogP contribution in [0.3, 0.4) is 0 Å². The van der Waals surface area contributed by atoms with Crippen molar-refractivity contribution in [2.75, 3.05) is 0 Å². The summed E-state index contributed by atoms with van der Waals surface area (Å²) in [7, 11) is 0. The van der Waals surface area contributed by atoms with Crippen molar-refractivity contribution in [2.45, 2.75) is 33.1 Å². The fourth-order valence-electron chi connectivity index (χ4n) is 2.03. The topological polar surface area (TPSA) is 15.8 Å². The molecule has 0 aliphatic heterocycles. The van der Waals surface area contributed by atoms with Crippen LogP contribution in [0, 0.1) is 6.92 Å². The average molecular weight is 185 g/mol. The molecule has 2 rings (SSSR count). The summed E-state index contributed by atoms with van der Waals surface area (Å²) in [6.45, 7) is 11.1. The van der Waals surface area contributed by atoms with Crippen LogP contribution in [-0.2, 0) is 5.41 Å². The molecule has 0 saturated heterocycles. The zero-order valence-electron chi connectivity index (χ0n) is 9.31. The number of nitrogens with one attached hydrogen (secondary N) is 1. The molecular weight excluding hydrogens is 169 g/mol. The van der Waals surface area contributed by atoms with Gasteiger partial charge in [-0.2, -0.15) is 0 Å². The van der Waals surface area contributed by atoms with Gasteiger partial charge < -0.3 is 0 Å². The molecule has 1 nitrogen and oxygen atoms in total. The molecule has 2 aromatic rings. The molecular formula is C12H16BN. The summed E-state index contributed by atoms with van der Waals surface area (Å²) in [6, 6.07) is 4.27. The molecule has 0 fully saturated rings. The van der Waals surface area contributed by atoms with Crippen LogP contribution in [0.15, 0.2) is 18.1 Å². The van der Waals surface area contributed by atoms with E-state index in [4.69, 9.17) is 0 Å². The Hall–Kier alpha value is -1.05. The second kappa shape index (κ2) is 2.98. The molecule has 2 heterocycles. The molecule has 72 valence electrons. The van der Waals surface area contributed by atoms with Crippen LogP contribution in [0.2, 0.25) is 0 Å². The van der Waals surface area contributed by atoms with Crippen LogP contribution < -0.4 is 0 Å². The Morgan fingerprint density at radius 3 is 2.57 bits per heavy atom. The summed E-state index contributed by atoms with van der Waals surface area (Å²) in [5.41, 5.74) is 4.17. The number of aromatic nitrogens is 1. The molecule has 0 aliphatic carbocycles. The number of H-pyrrole nitrogens is 1. The second-order valence-electron chi connectivity index (χ2n) is 4.92. The first kappa shape index (κ1) is 9.51. The fraction of sp³-hybridized carbons (Fsp3) is 0.417. The second-order valence-corrected chi connectivity index (χ2v) is 4.92. The summed E-state index contributed by atoms with van der Waals surface area (Å²) in [5.74, 6) is 2.07. The minimum atomic E-state index is 0.198. The number of fused-ring (bicyclic) bond motifs is 1. The molecule has 0 aromatic carbocycles. The van der Waals surface area contributed by atoms with E-state index in [0.717, 1.165) is 0 Å². The zero-order valence-corrected chi connectivity index (χ0v) is 9.31. The van der Waals surface area contributed by atoms with E-state index < -0.39 is 0 Å². The van der Waals surface area contributed by atoms with Gasteiger partial charge in [-0.15, -0.1) is 0 Å². The quantitative estimate of drug-likeness (QED) is 0.648. The SMILES string of the molecule is Cc1c(C(C)(C)C)[nH]c2bcccc12. The van der Waals surface area contributed by atoms with Gasteiger partial charge in [0, 0.05) is 0 Å². The minimum absolute atomic E-state index is 0.198. The third-order valence-corrected chi connectivity index (χ3v) is 2.72. The zero-order chi connectivity index (χ0) is 10.3. The Morgan fingerprint density at radius 2 is 2.00 bits per heavy atom. The first-order valence-corrected chi connectivity index (χ1v) is 5.08. The summed E-state index contributed by atoms with van der Waals surface area (Å²) >= 11 is 0. The van der Waals surface area contributed by atoms with Crippen LogP contribution in [0.25, 0.3) is 10.8 Å². The molecule has 2 aromatic heterocycles. The van der Waals surface area contributed by atoms with Crippen LogP contribution in [0.1, 0.15) is 32.0 Å². The molecule has 0 amide bonds. The molecule has 0 unspecified atom stereocenters. The Morgan fingerprint density at radius 1 is 1.29 bits per heavy atom. The maximum absolute atomic E-state index is 3.50. The van der Waals surface area contributed by atoms with Crippen molar-refractivity contribution in [3.8, 4) is 0 Å². The van der Waals surface area contributed by atoms with Crippen molar-refractivity contribution in [1.82, 2.24) is 4.98 Å². The van der Waals surface area contributed by atoms with Crippen molar-refractivity contribution in [1.29, 1.82) is 0 Å². The molecule has 0 atom stereocenters. The van der Waals surface area contributed by atoms with Gasteiger partial charge in [0.2, 0.25) is 0 Å². The van der Waals surface area contributed by atoms with Gasteiger partial charge in [-0.25, -0.2) is 0 Å². The monoisotopic (exact) mass is 185 g/mol. The summed E-state index contributed by atoms with van der Waals surface area (Å²) in [5, 5.41) is 1.34. The number of hydrogen-bond donors (Lipinski definition) is 1. The Labute approximate surface area is 85.7 Å². The third kappa shape index (κ3) is 1.39. The average Bonchev–Trinajstić information content (AvgIpc) is 2.44. The van der Waals surface area contributed by atoms with E-state index in [0.29, 0.717) is 0 Å². The van der Waals surface area contributed by atoms with Gasteiger partial charge in [-0.1, -0.05) is 0 Å². The van der Waals surface area contributed by atoms with Crippen molar-refractivity contribution in [3.63, 3.8) is 0 Å². The van der Waals surface area contributed by atoms with Crippen LogP contribution in [-0.4, -0.2) is 11.9 Å². The van der Waals surface area contributed by atoms with E-state index in [1.54, 1.807) is 0 Å². The Bertz CT molecular complexity index is 463. The maximum atomic E-state index is 3.50.